The number of hydrogen-bond donors (Lipinski definition) is 2. The molecule has 2 heterocycles. The monoisotopic (exact) mass is 314 g/mol. The summed E-state index contributed by atoms with van der Waals surface area (Å²) in [7, 11) is 0. The number of aromatic nitrogens is 3. The number of rotatable bonds is 3. The quantitative estimate of drug-likeness (QED) is 0.908. The van der Waals surface area contributed by atoms with Crippen molar-refractivity contribution < 1.29 is 9.90 Å². The number of carbonyl (C=O) groups excluding carboxylic acids is 1. The Balaban J connectivity index is 1.73. The van der Waals surface area contributed by atoms with Crippen molar-refractivity contribution in [3.63, 3.8) is 0 Å². The Labute approximate surface area is 135 Å². The first-order valence-electron chi connectivity index (χ1n) is 8.01. The van der Waals surface area contributed by atoms with Crippen LogP contribution in [0.2, 0.25) is 0 Å². The maximum absolute atomic E-state index is 12.7. The molecule has 3 rings (SSSR count). The van der Waals surface area contributed by atoms with Gasteiger partial charge < -0.3 is 10.0 Å². The van der Waals surface area contributed by atoms with E-state index in [4.69, 9.17) is 0 Å². The van der Waals surface area contributed by atoms with Gasteiger partial charge in [0, 0.05) is 24.2 Å². The smallest absolute Gasteiger partial charge is 0.253 e. The van der Waals surface area contributed by atoms with E-state index in [0.717, 1.165) is 24.2 Å². The SMILES string of the molecule is Cc1nc(-c2cccc(C(=O)N3CCC(C(C)O)CC3)c2)n[nH]1. The highest BCUT2D eigenvalue weighted by Gasteiger charge is 2.26. The molecule has 1 aromatic carbocycles. The maximum Gasteiger partial charge on any atom is 0.253 e. The van der Waals surface area contributed by atoms with Crippen LogP contribution in [0.5, 0.6) is 0 Å². The highest BCUT2D eigenvalue weighted by atomic mass is 16.3. The Morgan fingerprint density at radius 3 is 2.74 bits per heavy atom. The van der Waals surface area contributed by atoms with E-state index in [2.05, 4.69) is 15.2 Å². The molecule has 0 bridgehead atoms. The van der Waals surface area contributed by atoms with Gasteiger partial charge in [-0.1, -0.05) is 12.1 Å². The molecule has 2 N–H and O–H groups in total. The Morgan fingerprint density at radius 1 is 1.39 bits per heavy atom. The molecule has 0 spiro atoms. The Bertz CT molecular complexity index is 687. The summed E-state index contributed by atoms with van der Waals surface area (Å²) in [4.78, 5) is 18.8. The van der Waals surface area contributed by atoms with Gasteiger partial charge >= 0.3 is 0 Å². The van der Waals surface area contributed by atoms with E-state index in [0.29, 0.717) is 30.4 Å². The lowest BCUT2D eigenvalue weighted by Gasteiger charge is -2.33. The predicted octanol–water partition coefficient (Wildman–Crippen LogP) is 2.01. The number of amides is 1. The normalized spacial score (nSPS) is 17.3. The summed E-state index contributed by atoms with van der Waals surface area (Å²) in [5.74, 6) is 1.67. The van der Waals surface area contributed by atoms with Gasteiger partial charge in [-0.3, -0.25) is 9.89 Å². The largest absolute Gasteiger partial charge is 0.393 e. The van der Waals surface area contributed by atoms with Crippen LogP contribution in [0.25, 0.3) is 11.4 Å². The Kier molecular flexibility index (Phi) is 4.43. The number of piperidine rings is 1. The number of nitrogens with one attached hydrogen (secondary N) is 1. The zero-order valence-electron chi connectivity index (χ0n) is 13.5. The van der Waals surface area contributed by atoms with Gasteiger partial charge in [-0.15, -0.1) is 0 Å². The van der Waals surface area contributed by atoms with Crippen molar-refractivity contribution >= 4 is 5.91 Å². The third kappa shape index (κ3) is 3.42. The third-order valence-corrected chi connectivity index (χ3v) is 4.47. The van der Waals surface area contributed by atoms with Crippen LogP contribution in [0, 0.1) is 12.8 Å². The molecular formula is C17H22N4O2. The van der Waals surface area contributed by atoms with Crippen molar-refractivity contribution in [2.24, 2.45) is 5.92 Å². The summed E-state index contributed by atoms with van der Waals surface area (Å²) in [6, 6.07) is 7.42. The molecule has 6 heteroatoms. The summed E-state index contributed by atoms with van der Waals surface area (Å²) >= 11 is 0. The molecular weight excluding hydrogens is 292 g/mol. The van der Waals surface area contributed by atoms with E-state index in [1.807, 2.05) is 43.0 Å². The average molecular weight is 314 g/mol. The van der Waals surface area contributed by atoms with Gasteiger partial charge in [0.25, 0.3) is 5.91 Å². The molecule has 0 aliphatic carbocycles. The molecule has 0 saturated carbocycles. The zero-order valence-corrected chi connectivity index (χ0v) is 13.5. The summed E-state index contributed by atoms with van der Waals surface area (Å²) in [6.45, 7) is 5.05. The van der Waals surface area contributed by atoms with Crippen LogP contribution in [0.1, 0.15) is 35.9 Å². The molecule has 122 valence electrons. The third-order valence-electron chi connectivity index (χ3n) is 4.47. The minimum absolute atomic E-state index is 0.0307. The van der Waals surface area contributed by atoms with Crippen molar-refractivity contribution in [2.45, 2.75) is 32.8 Å². The number of nitrogens with zero attached hydrogens (tertiary/aromatic N) is 3. The molecule has 1 aliphatic heterocycles. The van der Waals surface area contributed by atoms with Crippen LogP contribution in [-0.4, -0.2) is 50.3 Å². The van der Waals surface area contributed by atoms with Crippen LogP contribution >= 0.6 is 0 Å². The number of likely N-dealkylation sites (tertiary alicyclic amines) is 1. The van der Waals surface area contributed by atoms with Crippen LogP contribution in [0.4, 0.5) is 0 Å². The Hall–Kier alpha value is -2.21. The van der Waals surface area contributed by atoms with Gasteiger partial charge in [-0.25, -0.2) is 4.98 Å². The molecule has 23 heavy (non-hydrogen) atoms. The zero-order chi connectivity index (χ0) is 16.4. The van der Waals surface area contributed by atoms with Crippen molar-refractivity contribution in [2.75, 3.05) is 13.1 Å². The van der Waals surface area contributed by atoms with E-state index in [1.165, 1.54) is 0 Å². The van der Waals surface area contributed by atoms with Gasteiger partial charge in [0.05, 0.1) is 6.10 Å². The van der Waals surface area contributed by atoms with Crippen LogP contribution in [0.15, 0.2) is 24.3 Å². The number of carbonyl (C=O) groups is 1. The van der Waals surface area contributed by atoms with Gasteiger partial charge in [0.1, 0.15) is 5.82 Å². The predicted molar refractivity (Wildman–Crippen MR) is 86.9 cm³/mol. The van der Waals surface area contributed by atoms with E-state index < -0.39 is 0 Å². The first-order chi connectivity index (χ1) is 11.0. The Morgan fingerprint density at radius 2 is 2.13 bits per heavy atom. The topological polar surface area (TPSA) is 82.1 Å². The molecule has 1 aromatic heterocycles. The molecule has 1 saturated heterocycles. The van der Waals surface area contributed by atoms with Crippen molar-refractivity contribution in [3.05, 3.63) is 35.7 Å². The number of H-pyrrole nitrogens is 1. The fraction of sp³-hybridized carbons (Fsp3) is 0.471. The maximum atomic E-state index is 12.7. The van der Waals surface area contributed by atoms with Crippen LogP contribution < -0.4 is 0 Å². The van der Waals surface area contributed by atoms with Crippen molar-refractivity contribution in [3.8, 4) is 11.4 Å². The highest BCUT2D eigenvalue weighted by Crippen LogP contribution is 2.23. The molecule has 0 radical (unpaired) electrons. The summed E-state index contributed by atoms with van der Waals surface area (Å²) in [5.41, 5.74) is 1.49. The highest BCUT2D eigenvalue weighted by molar-refractivity contribution is 5.95. The standard InChI is InChI=1S/C17H22N4O2/c1-11(22)13-6-8-21(9-7-13)17(23)15-5-3-4-14(10-15)16-18-12(2)19-20-16/h3-5,10-11,13,22H,6-9H2,1-2H3,(H,18,19,20). The number of hydrogen-bond acceptors (Lipinski definition) is 4. The van der Waals surface area contributed by atoms with Gasteiger partial charge in [0.15, 0.2) is 5.82 Å². The lowest BCUT2D eigenvalue weighted by atomic mass is 9.92. The second kappa shape index (κ2) is 6.50. The summed E-state index contributed by atoms with van der Waals surface area (Å²) in [6.07, 6.45) is 1.40. The fourth-order valence-electron chi connectivity index (χ4n) is 3.03. The first kappa shape index (κ1) is 15.7. The van der Waals surface area contributed by atoms with E-state index in [9.17, 15) is 9.90 Å². The number of aliphatic hydroxyl groups is 1. The minimum Gasteiger partial charge on any atom is -0.393 e. The van der Waals surface area contributed by atoms with E-state index >= 15 is 0 Å². The number of aromatic amines is 1. The molecule has 1 unspecified atom stereocenters. The van der Waals surface area contributed by atoms with Crippen LogP contribution in [-0.2, 0) is 0 Å². The lowest BCUT2D eigenvalue weighted by molar-refractivity contribution is 0.0521. The number of benzene rings is 1. The summed E-state index contributed by atoms with van der Waals surface area (Å²) in [5, 5.41) is 16.6. The molecule has 1 amide bonds. The first-order valence-corrected chi connectivity index (χ1v) is 8.01. The second-order valence-electron chi connectivity index (χ2n) is 6.20. The number of aliphatic hydroxyl groups excluding tert-OH is 1. The lowest BCUT2D eigenvalue weighted by Crippen LogP contribution is -2.40. The van der Waals surface area contributed by atoms with E-state index in [1.54, 1.807) is 0 Å². The summed E-state index contributed by atoms with van der Waals surface area (Å²) < 4.78 is 0. The number of aryl methyl sites for hydroxylation is 1. The van der Waals surface area contributed by atoms with Crippen molar-refractivity contribution in [1.29, 1.82) is 0 Å². The minimum atomic E-state index is -0.301. The van der Waals surface area contributed by atoms with Crippen molar-refractivity contribution in [1.82, 2.24) is 20.1 Å². The fourth-order valence-corrected chi connectivity index (χ4v) is 3.03. The molecule has 1 aliphatic rings. The van der Waals surface area contributed by atoms with E-state index in [-0.39, 0.29) is 12.0 Å². The van der Waals surface area contributed by atoms with Gasteiger partial charge in [0.2, 0.25) is 0 Å². The molecule has 1 fully saturated rings. The van der Waals surface area contributed by atoms with Crippen LogP contribution in [0.3, 0.4) is 0 Å². The molecule has 2 aromatic rings. The molecule has 1 atom stereocenters. The molecule has 6 nitrogen and oxygen atoms in total. The second-order valence-corrected chi connectivity index (χ2v) is 6.20. The average Bonchev–Trinajstić information content (AvgIpc) is 3.01. The van der Waals surface area contributed by atoms with Gasteiger partial charge in [-0.2, -0.15) is 5.10 Å². The van der Waals surface area contributed by atoms with Gasteiger partial charge in [-0.05, 0) is 44.7 Å².